The number of hydrogen-bond donors (Lipinski definition) is 3. The second-order valence-corrected chi connectivity index (χ2v) is 9.84. The summed E-state index contributed by atoms with van der Waals surface area (Å²) in [4.78, 5) is 32.4. The van der Waals surface area contributed by atoms with E-state index in [1.165, 1.54) is 22.9 Å². The fourth-order valence-electron chi connectivity index (χ4n) is 4.60. The van der Waals surface area contributed by atoms with E-state index < -0.39 is 23.6 Å². The van der Waals surface area contributed by atoms with Crippen LogP contribution in [0.15, 0.2) is 42.6 Å². The molecule has 216 valence electrons. The van der Waals surface area contributed by atoms with Crippen molar-refractivity contribution in [1.29, 1.82) is 0 Å². The van der Waals surface area contributed by atoms with Gasteiger partial charge in [0.1, 0.15) is 5.69 Å². The van der Waals surface area contributed by atoms with Crippen molar-refractivity contribution in [2.75, 3.05) is 44.6 Å². The Hall–Kier alpha value is -4.18. The zero-order valence-corrected chi connectivity index (χ0v) is 22.8. The number of aromatic nitrogens is 2. The lowest BCUT2D eigenvalue weighted by Crippen LogP contribution is -2.46. The minimum Gasteiger partial charge on any atom is -0.395 e. The van der Waals surface area contributed by atoms with Crippen LogP contribution in [-0.4, -0.2) is 75.6 Å². The van der Waals surface area contributed by atoms with Gasteiger partial charge in [0, 0.05) is 63.1 Å². The maximum atomic E-state index is 14.0. The second kappa shape index (κ2) is 12.6. The molecule has 41 heavy (non-hydrogen) atoms. The molecule has 0 radical (unpaired) electrons. The number of nitrogens with zero attached hydrogens (tertiary/aromatic N) is 4. The Morgan fingerprint density at radius 2 is 1.78 bits per heavy atom. The van der Waals surface area contributed by atoms with E-state index in [1.54, 1.807) is 25.2 Å². The highest BCUT2D eigenvalue weighted by Crippen LogP contribution is 2.34. The number of imidazole rings is 1. The zero-order valence-electron chi connectivity index (χ0n) is 22.8. The number of anilines is 1. The molecule has 1 aliphatic heterocycles. The third-order valence-corrected chi connectivity index (χ3v) is 6.98. The Bertz CT molecular complexity index is 1500. The number of β-amino-alcohol motifs (C(OH)–C–C–N with tert-alkyl or cyclic N) is 1. The minimum atomic E-state index is -4.60. The molecule has 0 unspecified atom stereocenters. The number of rotatable bonds is 7. The molecule has 1 aromatic heterocycles. The average Bonchev–Trinajstić information content (AvgIpc) is 3.30. The molecule has 0 aliphatic carbocycles. The second-order valence-electron chi connectivity index (χ2n) is 9.84. The number of carbonyl (C=O) groups excluding carboxylic acids is 2. The van der Waals surface area contributed by atoms with Crippen molar-refractivity contribution in [3.05, 3.63) is 81.9 Å². The van der Waals surface area contributed by atoms with Crippen molar-refractivity contribution >= 4 is 17.5 Å². The summed E-state index contributed by atoms with van der Waals surface area (Å²) in [6.07, 6.45) is -3.18. The molecule has 1 aliphatic rings. The maximum absolute atomic E-state index is 14.0. The highest BCUT2D eigenvalue weighted by Gasteiger charge is 2.34. The fourth-order valence-corrected chi connectivity index (χ4v) is 4.60. The summed E-state index contributed by atoms with van der Waals surface area (Å²) in [5, 5.41) is 11.7. The number of aliphatic hydroxyl groups is 1. The summed E-state index contributed by atoms with van der Waals surface area (Å²) in [7, 11) is 1.60. The quantitative estimate of drug-likeness (QED) is 0.378. The molecule has 4 rings (SSSR count). The normalized spacial score (nSPS) is 14.4. The molecule has 1 fully saturated rings. The molecule has 2 aromatic carbocycles. The predicted molar refractivity (Wildman–Crippen MR) is 147 cm³/mol. The number of aryl methyl sites for hydroxylation is 1. The first-order valence-electron chi connectivity index (χ1n) is 13.0. The third-order valence-electron chi connectivity index (χ3n) is 6.98. The van der Waals surface area contributed by atoms with Crippen LogP contribution in [0.25, 0.3) is 0 Å². The van der Waals surface area contributed by atoms with E-state index in [0.717, 1.165) is 11.6 Å². The number of carbonyl (C=O) groups is 2. The Labute approximate surface area is 235 Å². The van der Waals surface area contributed by atoms with Crippen LogP contribution in [0, 0.1) is 18.8 Å². The highest BCUT2D eigenvalue weighted by atomic mass is 19.4. The van der Waals surface area contributed by atoms with Crippen molar-refractivity contribution < 1.29 is 27.9 Å². The van der Waals surface area contributed by atoms with E-state index in [0.29, 0.717) is 44.0 Å². The molecule has 3 aromatic rings. The van der Waals surface area contributed by atoms with Crippen molar-refractivity contribution in [3.63, 3.8) is 0 Å². The van der Waals surface area contributed by atoms with Crippen LogP contribution < -0.4 is 11.1 Å². The van der Waals surface area contributed by atoms with Gasteiger partial charge < -0.3 is 20.7 Å². The first-order chi connectivity index (χ1) is 19.5. The van der Waals surface area contributed by atoms with Crippen molar-refractivity contribution in [2.45, 2.75) is 19.6 Å². The summed E-state index contributed by atoms with van der Waals surface area (Å²) in [6, 6.07) is 8.65. The monoisotopic (exact) mass is 568 g/mol. The number of hydrogen-bond acceptors (Lipinski definition) is 6. The molecular weight excluding hydrogens is 537 g/mol. The van der Waals surface area contributed by atoms with Gasteiger partial charge in [0.15, 0.2) is 5.82 Å². The molecule has 12 heteroatoms. The van der Waals surface area contributed by atoms with E-state index >= 15 is 0 Å². The molecule has 0 bridgehead atoms. The molecule has 9 nitrogen and oxygen atoms in total. The van der Waals surface area contributed by atoms with Gasteiger partial charge in [0.05, 0.1) is 18.4 Å². The van der Waals surface area contributed by atoms with Gasteiger partial charge in [0.2, 0.25) is 0 Å². The van der Waals surface area contributed by atoms with Gasteiger partial charge in [-0.25, -0.2) is 4.98 Å². The Morgan fingerprint density at radius 3 is 2.41 bits per heavy atom. The summed E-state index contributed by atoms with van der Waals surface area (Å²) >= 11 is 0. The number of benzene rings is 2. The lowest BCUT2D eigenvalue weighted by Gasteiger charge is -2.34. The standard InChI is InChI=1S/C29H31F3N6O3/c1-19-3-4-21(15-20(19)6-8-24-17-34-27(26(33)40)36(24)2)28(41)35-23-7-5-22(25(16-23)29(30,31)32)18-38-11-9-37(10-12-38)13-14-39/h3-5,7,15-17,39H,9-14,18H2,1-2H3,(H2,33,40)(H,35,41). The molecule has 2 heterocycles. The van der Waals surface area contributed by atoms with E-state index in [2.05, 4.69) is 27.0 Å². The number of amides is 2. The van der Waals surface area contributed by atoms with Crippen LogP contribution >= 0.6 is 0 Å². The van der Waals surface area contributed by atoms with Crippen LogP contribution in [-0.2, 0) is 19.8 Å². The Morgan fingerprint density at radius 1 is 1.07 bits per heavy atom. The van der Waals surface area contributed by atoms with Crippen LogP contribution in [0.5, 0.6) is 0 Å². The molecule has 4 N–H and O–H groups in total. The van der Waals surface area contributed by atoms with E-state index in [1.807, 2.05) is 11.8 Å². The number of primary amides is 1. The molecular formula is C29H31F3N6O3. The van der Waals surface area contributed by atoms with Gasteiger partial charge in [-0.05, 0) is 48.2 Å². The van der Waals surface area contributed by atoms with Crippen LogP contribution in [0.1, 0.15) is 48.9 Å². The van der Waals surface area contributed by atoms with Gasteiger partial charge in [0.25, 0.3) is 11.8 Å². The average molecular weight is 569 g/mol. The van der Waals surface area contributed by atoms with Gasteiger partial charge in [-0.3, -0.25) is 19.4 Å². The van der Waals surface area contributed by atoms with Crippen LogP contribution in [0.4, 0.5) is 18.9 Å². The Balaban J connectivity index is 1.50. The van der Waals surface area contributed by atoms with E-state index in [4.69, 9.17) is 10.8 Å². The van der Waals surface area contributed by atoms with E-state index in [-0.39, 0.29) is 35.8 Å². The van der Waals surface area contributed by atoms with E-state index in [9.17, 15) is 22.8 Å². The number of piperazine rings is 1. The molecule has 0 spiro atoms. The lowest BCUT2D eigenvalue weighted by molar-refractivity contribution is -0.138. The van der Waals surface area contributed by atoms with Gasteiger partial charge >= 0.3 is 6.18 Å². The topological polar surface area (TPSA) is 117 Å². The molecule has 2 amide bonds. The Kier molecular flexibility index (Phi) is 9.12. The minimum absolute atomic E-state index is 0.0286. The summed E-state index contributed by atoms with van der Waals surface area (Å²) in [5.74, 6) is 4.65. The maximum Gasteiger partial charge on any atom is 0.416 e. The van der Waals surface area contributed by atoms with Crippen LogP contribution in [0.3, 0.4) is 0 Å². The SMILES string of the molecule is Cc1ccc(C(=O)Nc2ccc(CN3CCN(CCO)CC3)c(C(F)(F)F)c2)cc1C#Cc1cnc(C(N)=O)n1C. The van der Waals surface area contributed by atoms with Gasteiger partial charge in [-0.2, -0.15) is 13.2 Å². The lowest BCUT2D eigenvalue weighted by atomic mass is 10.0. The van der Waals surface area contributed by atoms with Crippen molar-refractivity contribution in [1.82, 2.24) is 19.4 Å². The van der Waals surface area contributed by atoms with Crippen LogP contribution in [0.2, 0.25) is 0 Å². The first kappa shape index (κ1) is 29.8. The summed E-state index contributed by atoms with van der Waals surface area (Å²) in [6.45, 7) is 5.09. The summed E-state index contributed by atoms with van der Waals surface area (Å²) in [5.41, 5.74) is 6.63. The van der Waals surface area contributed by atoms with Gasteiger partial charge in [-0.1, -0.05) is 18.1 Å². The number of nitrogens with two attached hydrogens (primary N) is 1. The number of aliphatic hydroxyl groups excluding tert-OH is 1. The smallest absolute Gasteiger partial charge is 0.395 e. The fraction of sp³-hybridized carbons (Fsp3) is 0.345. The zero-order chi connectivity index (χ0) is 29.7. The molecule has 0 saturated carbocycles. The first-order valence-corrected chi connectivity index (χ1v) is 13.0. The molecule has 0 atom stereocenters. The number of alkyl halides is 3. The number of nitrogens with one attached hydrogen (secondary N) is 1. The summed E-state index contributed by atoms with van der Waals surface area (Å²) < 4.78 is 43.4. The van der Waals surface area contributed by atoms with Crippen molar-refractivity contribution in [3.8, 4) is 11.8 Å². The number of halogens is 3. The predicted octanol–water partition coefficient (Wildman–Crippen LogP) is 2.61. The van der Waals surface area contributed by atoms with Crippen molar-refractivity contribution in [2.24, 2.45) is 12.8 Å². The molecule has 1 saturated heterocycles. The third kappa shape index (κ3) is 7.32. The largest absolute Gasteiger partial charge is 0.416 e. The van der Waals surface area contributed by atoms with Gasteiger partial charge in [-0.15, -0.1) is 0 Å². The highest BCUT2D eigenvalue weighted by molar-refractivity contribution is 6.04.